The predicted molar refractivity (Wildman–Crippen MR) is 127 cm³/mol. The molecule has 7 nitrogen and oxygen atoms in total. The lowest BCUT2D eigenvalue weighted by Gasteiger charge is -2.35. The van der Waals surface area contributed by atoms with Gasteiger partial charge < -0.3 is 24.7 Å². The number of amides is 1. The van der Waals surface area contributed by atoms with E-state index in [1.54, 1.807) is 18.7 Å². The zero-order chi connectivity index (χ0) is 23.6. The summed E-state index contributed by atoms with van der Waals surface area (Å²) in [4.78, 5) is 18.0. The van der Waals surface area contributed by atoms with Crippen molar-refractivity contribution in [3.05, 3.63) is 64.3 Å². The van der Waals surface area contributed by atoms with Crippen molar-refractivity contribution in [2.75, 3.05) is 33.0 Å². The van der Waals surface area contributed by atoms with Gasteiger partial charge in [-0.15, -0.1) is 0 Å². The fraction of sp³-hybridized carbons (Fsp3) is 0.400. The highest BCUT2D eigenvalue weighted by Gasteiger charge is 2.35. The minimum absolute atomic E-state index is 0.175. The molecule has 1 aliphatic rings. The number of carbonyl (C=O) groups excluding carboxylic acids is 1. The van der Waals surface area contributed by atoms with Crippen molar-refractivity contribution in [2.24, 2.45) is 5.41 Å². The first-order chi connectivity index (χ1) is 15.9. The van der Waals surface area contributed by atoms with Gasteiger partial charge in [-0.05, 0) is 54.8 Å². The van der Waals surface area contributed by atoms with Gasteiger partial charge in [0, 0.05) is 33.6 Å². The Labute approximate surface area is 197 Å². The summed E-state index contributed by atoms with van der Waals surface area (Å²) in [6, 6.07) is 12.9. The van der Waals surface area contributed by atoms with Gasteiger partial charge in [-0.2, -0.15) is 0 Å². The molecule has 3 aromatic rings. The summed E-state index contributed by atoms with van der Waals surface area (Å²) >= 11 is 6.25. The highest BCUT2D eigenvalue weighted by atomic mass is 35.5. The molecule has 0 radical (unpaired) electrons. The van der Waals surface area contributed by atoms with Crippen molar-refractivity contribution in [3.63, 3.8) is 0 Å². The maximum absolute atomic E-state index is 12.8. The Morgan fingerprint density at radius 1 is 1.21 bits per heavy atom. The number of aromatic nitrogens is 1. The number of nitrogens with one attached hydrogen (secondary N) is 1. The molecule has 4 rings (SSSR count). The molecule has 0 unspecified atom stereocenters. The Hall–Kier alpha value is -2.74. The predicted octanol–water partition coefficient (Wildman–Crippen LogP) is 4.30. The zero-order valence-corrected chi connectivity index (χ0v) is 19.6. The molecule has 1 aromatic heterocycles. The normalized spacial score (nSPS) is 16.0. The van der Waals surface area contributed by atoms with Crippen LogP contribution in [0.15, 0.2) is 42.5 Å². The number of H-pyrrole nitrogens is 1. The van der Waals surface area contributed by atoms with Gasteiger partial charge in [0.1, 0.15) is 11.8 Å². The summed E-state index contributed by atoms with van der Waals surface area (Å²) < 4.78 is 11.1. The molecule has 1 atom stereocenters. The van der Waals surface area contributed by atoms with Crippen LogP contribution in [0.1, 0.15) is 36.7 Å². The number of aliphatic hydroxyl groups excluding tert-OH is 2. The van der Waals surface area contributed by atoms with Gasteiger partial charge in [-0.3, -0.25) is 4.90 Å². The largest absolute Gasteiger partial charge is 0.493 e. The van der Waals surface area contributed by atoms with E-state index < -0.39 is 5.41 Å². The molecule has 1 amide bonds. The van der Waals surface area contributed by atoms with Crippen LogP contribution in [0.2, 0.25) is 5.02 Å². The minimum atomic E-state index is -0.719. The molecule has 3 N–H and O–H groups in total. The molecular weight excluding hydrogens is 444 g/mol. The van der Waals surface area contributed by atoms with Gasteiger partial charge in [0.2, 0.25) is 0 Å². The Balaban J connectivity index is 1.68. The Morgan fingerprint density at radius 3 is 2.61 bits per heavy atom. The summed E-state index contributed by atoms with van der Waals surface area (Å²) in [5.74, 6) is 0.619. The van der Waals surface area contributed by atoms with Gasteiger partial charge >= 0.3 is 6.09 Å². The van der Waals surface area contributed by atoms with E-state index in [0.717, 1.165) is 27.7 Å². The number of fused-ring (bicyclic) bond motifs is 3. The third kappa shape index (κ3) is 4.67. The van der Waals surface area contributed by atoms with E-state index in [0.29, 0.717) is 30.3 Å². The maximum atomic E-state index is 12.8. The molecular formula is C25H29ClN2O5. The average Bonchev–Trinajstić information content (AvgIpc) is 3.20. The average molecular weight is 473 g/mol. The van der Waals surface area contributed by atoms with Crippen LogP contribution < -0.4 is 4.74 Å². The highest BCUT2D eigenvalue weighted by Crippen LogP contribution is 2.39. The smallest absolute Gasteiger partial charge is 0.410 e. The van der Waals surface area contributed by atoms with E-state index in [2.05, 4.69) is 4.98 Å². The van der Waals surface area contributed by atoms with Gasteiger partial charge in [-0.1, -0.05) is 30.7 Å². The minimum Gasteiger partial charge on any atom is -0.493 e. The molecule has 0 bridgehead atoms. The number of aromatic amines is 1. The van der Waals surface area contributed by atoms with Crippen LogP contribution in [-0.2, 0) is 11.2 Å². The topological polar surface area (TPSA) is 95.0 Å². The molecule has 0 saturated carbocycles. The molecule has 0 fully saturated rings. The number of rotatable bonds is 7. The third-order valence-corrected chi connectivity index (χ3v) is 6.37. The van der Waals surface area contributed by atoms with E-state index in [1.807, 2.05) is 42.5 Å². The number of carbonyl (C=O) groups is 1. The third-order valence-electron chi connectivity index (χ3n) is 6.14. The Bertz CT molecular complexity index is 1120. The van der Waals surface area contributed by atoms with Gasteiger partial charge in [-0.25, -0.2) is 4.79 Å². The first kappa shape index (κ1) is 23.4. The van der Waals surface area contributed by atoms with Crippen molar-refractivity contribution in [2.45, 2.75) is 26.3 Å². The summed E-state index contributed by atoms with van der Waals surface area (Å²) in [6.07, 6.45) is 0.347. The molecule has 176 valence electrons. The summed E-state index contributed by atoms with van der Waals surface area (Å²) in [5.41, 5.74) is 3.28. The van der Waals surface area contributed by atoms with Gasteiger partial charge in [0.25, 0.3) is 0 Å². The molecule has 8 heteroatoms. The number of ether oxygens (including phenoxy) is 2. The number of halogens is 1. The standard InChI is InChI=1S/C25H29ClN2O5/c1-3-32-24(31)28-11-10-19-20-12-17(26)6-9-21(20)27-22(19)23(28)16-4-7-18(8-5-16)33-15-25(2,13-29)14-30/h4-9,12,23,27,29-30H,3,10-11,13-15H2,1-2H3/t23-/m0/s1. The lowest BCUT2D eigenvalue weighted by atomic mass is 9.92. The van der Waals surface area contributed by atoms with E-state index >= 15 is 0 Å². The molecule has 33 heavy (non-hydrogen) atoms. The molecule has 0 aliphatic carbocycles. The lowest BCUT2D eigenvalue weighted by Crippen LogP contribution is -2.41. The van der Waals surface area contributed by atoms with E-state index in [4.69, 9.17) is 21.1 Å². The first-order valence-electron chi connectivity index (χ1n) is 11.1. The van der Waals surface area contributed by atoms with Crippen molar-refractivity contribution in [1.29, 1.82) is 0 Å². The number of aliphatic hydroxyl groups is 2. The summed E-state index contributed by atoms with van der Waals surface area (Å²) in [7, 11) is 0. The van der Waals surface area contributed by atoms with Crippen molar-refractivity contribution in [3.8, 4) is 5.75 Å². The second-order valence-corrected chi connectivity index (χ2v) is 9.17. The van der Waals surface area contributed by atoms with Crippen molar-refractivity contribution in [1.82, 2.24) is 9.88 Å². The van der Waals surface area contributed by atoms with Crippen LogP contribution in [0.4, 0.5) is 4.79 Å². The van der Waals surface area contributed by atoms with E-state index in [9.17, 15) is 15.0 Å². The van der Waals surface area contributed by atoms with Crippen molar-refractivity contribution >= 4 is 28.6 Å². The molecule has 2 heterocycles. The van der Waals surface area contributed by atoms with Crippen molar-refractivity contribution < 1.29 is 24.5 Å². The quantitative estimate of drug-likeness (QED) is 0.476. The summed E-state index contributed by atoms with van der Waals surface area (Å²) in [5, 5.41) is 20.7. The summed E-state index contributed by atoms with van der Waals surface area (Å²) in [6.45, 7) is 4.22. The number of hydrogen-bond donors (Lipinski definition) is 3. The van der Waals surface area contributed by atoms with Gasteiger partial charge in [0.15, 0.2) is 0 Å². The van der Waals surface area contributed by atoms with Crippen LogP contribution >= 0.6 is 11.6 Å². The first-order valence-corrected chi connectivity index (χ1v) is 11.4. The highest BCUT2D eigenvalue weighted by molar-refractivity contribution is 6.31. The molecule has 2 aromatic carbocycles. The monoisotopic (exact) mass is 472 g/mol. The number of hydrogen-bond acceptors (Lipinski definition) is 5. The van der Waals surface area contributed by atoms with Crippen LogP contribution in [0.3, 0.4) is 0 Å². The number of nitrogens with zero attached hydrogens (tertiary/aromatic N) is 1. The van der Waals surface area contributed by atoms with Crippen LogP contribution in [-0.4, -0.2) is 59.2 Å². The molecule has 0 spiro atoms. The fourth-order valence-electron chi connectivity index (χ4n) is 4.16. The Morgan fingerprint density at radius 2 is 1.94 bits per heavy atom. The fourth-order valence-corrected chi connectivity index (χ4v) is 4.33. The molecule has 0 saturated heterocycles. The molecule has 1 aliphatic heterocycles. The lowest BCUT2D eigenvalue weighted by molar-refractivity contribution is 0.0287. The van der Waals surface area contributed by atoms with Gasteiger partial charge in [0.05, 0.1) is 26.4 Å². The van der Waals surface area contributed by atoms with Crippen LogP contribution in [0.5, 0.6) is 5.75 Å². The van der Waals surface area contributed by atoms with E-state index in [1.165, 1.54) is 0 Å². The number of benzene rings is 2. The van der Waals surface area contributed by atoms with Crippen LogP contribution in [0, 0.1) is 5.41 Å². The second-order valence-electron chi connectivity index (χ2n) is 8.74. The SMILES string of the molecule is CCOC(=O)N1CCc2c([nH]c3ccc(Cl)cc23)[C@@H]1c1ccc(OCC(C)(CO)CO)cc1. The Kier molecular flexibility index (Phi) is 6.83. The zero-order valence-electron chi connectivity index (χ0n) is 18.8. The van der Waals surface area contributed by atoms with Crippen LogP contribution in [0.25, 0.3) is 10.9 Å². The van der Waals surface area contributed by atoms with E-state index in [-0.39, 0.29) is 32.0 Å². The maximum Gasteiger partial charge on any atom is 0.410 e. The second kappa shape index (κ2) is 9.63.